The van der Waals surface area contributed by atoms with E-state index in [4.69, 9.17) is 9.47 Å². The number of aryl methyl sites for hydroxylation is 2. The van der Waals surface area contributed by atoms with Crippen molar-refractivity contribution in [3.8, 4) is 0 Å². The molecule has 0 radical (unpaired) electrons. The Morgan fingerprint density at radius 2 is 2.15 bits per heavy atom. The van der Waals surface area contributed by atoms with Crippen LogP contribution in [0.25, 0.3) is 0 Å². The summed E-state index contributed by atoms with van der Waals surface area (Å²) in [7, 11) is 1.59. The van der Waals surface area contributed by atoms with E-state index in [1.54, 1.807) is 27.9 Å². The van der Waals surface area contributed by atoms with Gasteiger partial charge in [0, 0.05) is 7.11 Å². The van der Waals surface area contributed by atoms with Gasteiger partial charge in [0.1, 0.15) is 15.7 Å². The van der Waals surface area contributed by atoms with E-state index < -0.39 is 12.1 Å². The molecule has 8 heteroatoms. The summed E-state index contributed by atoms with van der Waals surface area (Å²) in [6.07, 6.45) is -0.514. The molecule has 0 aliphatic carbocycles. The first kappa shape index (κ1) is 14.6. The fourth-order valence-corrected chi connectivity index (χ4v) is 2.56. The molecule has 0 amide bonds. The molecule has 2 heterocycles. The second kappa shape index (κ2) is 6.10. The molecule has 0 bridgehead atoms. The molecule has 0 aromatic carbocycles. The number of nitrogens with one attached hydrogen (secondary N) is 1. The van der Waals surface area contributed by atoms with Crippen LogP contribution in [0.3, 0.4) is 0 Å². The van der Waals surface area contributed by atoms with Crippen molar-refractivity contribution in [2.45, 2.75) is 33.5 Å². The van der Waals surface area contributed by atoms with Gasteiger partial charge in [-0.15, -0.1) is 11.3 Å². The van der Waals surface area contributed by atoms with Crippen LogP contribution in [-0.4, -0.2) is 33.2 Å². The zero-order valence-corrected chi connectivity index (χ0v) is 12.6. The van der Waals surface area contributed by atoms with Crippen molar-refractivity contribution in [2.75, 3.05) is 7.11 Å². The summed E-state index contributed by atoms with van der Waals surface area (Å²) in [6.45, 7) is 5.67. The molecular weight excluding hydrogens is 280 g/mol. The lowest BCUT2D eigenvalue weighted by molar-refractivity contribution is 0.0325. The maximum absolute atomic E-state index is 12.1. The molecule has 2 aromatic heterocycles. The molecule has 0 spiro atoms. The third-order valence-electron chi connectivity index (χ3n) is 2.56. The second-order valence-corrected chi connectivity index (χ2v) is 5.37. The zero-order valence-electron chi connectivity index (χ0n) is 11.8. The molecule has 0 saturated carbocycles. The molecule has 0 aliphatic rings. The fraction of sp³-hybridized carbons (Fsp3) is 0.500. The molecule has 7 nitrogen and oxygen atoms in total. The average molecular weight is 296 g/mol. The molecule has 2 rings (SSSR count). The molecule has 0 aliphatic heterocycles. The van der Waals surface area contributed by atoms with Crippen LogP contribution in [0.15, 0.2) is 0 Å². The predicted octanol–water partition coefficient (Wildman–Crippen LogP) is 1.94. The van der Waals surface area contributed by atoms with Gasteiger partial charge in [0.15, 0.2) is 11.9 Å². The van der Waals surface area contributed by atoms with E-state index in [1.807, 2.05) is 0 Å². The molecule has 1 N–H and O–H groups in total. The van der Waals surface area contributed by atoms with Gasteiger partial charge >= 0.3 is 5.97 Å². The first-order valence-electron chi connectivity index (χ1n) is 6.06. The second-order valence-electron chi connectivity index (χ2n) is 4.28. The summed E-state index contributed by atoms with van der Waals surface area (Å²) in [4.78, 5) is 21.0. The number of carbonyl (C=O) groups is 1. The summed E-state index contributed by atoms with van der Waals surface area (Å²) in [5.41, 5.74) is 0.644. The van der Waals surface area contributed by atoms with Gasteiger partial charge in [-0.3, -0.25) is 5.10 Å². The molecule has 20 heavy (non-hydrogen) atoms. The lowest BCUT2D eigenvalue weighted by Crippen LogP contribution is -2.10. The van der Waals surface area contributed by atoms with E-state index in [0.717, 1.165) is 5.01 Å². The molecule has 108 valence electrons. The molecule has 0 fully saturated rings. The van der Waals surface area contributed by atoms with Gasteiger partial charge < -0.3 is 9.47 Å². The average Bonchev–Trinajstić information content (AvgIpc) is 2.96. The summed E-state index contributed by atoms with van der Waals surface area (Å²) in [5, 5.41) is 7.44. The van der Waals surface area contributed by atoms with Crippen LogP contribution in [0.4, 0.5) is 0 Å². The number of rotatable bonds is 5. The third-order valence-corrected chi connectivity index (χ3v) is 3.67. The number of nitrogens with zero attached hydrogens (tertiary/aromatic N) is 3. The Morgan fingerprint density at radius 3 is 2.75 bits per heavy atom. The van der Waals surface area contributed by atoms with Crippen molar-refractivity contribution >= 4 is 17.3 Å². The van der Waals surface area contributed by atoms with Crippen LogP contribution < -0.4 is 0 Å². The van der Waals surface area contributed by atoms with Crippen molar-refractivity contribution in [1.82, 2.24) is 20.2 Å². The highest BCUT2D eigenvalue weighted by Gasteiger charge is 2.21. The Kier molecular flexibility index (Phi) is 4.46. The maximum Gasteiger partial charge on any atom is 0.350 e. The number of hydrogen-bond acceptors (Lipinski definition) is 7. The highest BCUT2D eigenvalue weighted by molar-refractivity contribution is 7.13. The zero-order chi connectivity index (χ0) is 14.7. The molecule has 2 aromatic rings. The van der Waals surface area contributed by atoms with E-state index in [-0.39, 0.29) is 0 Å². The van der Waals surface area contributed by atoms with Crippen LogP contribution in [0.1, 0.15) is 45.0 Å². The van der Waals surface area contributed by atoms with E-state index >= 15 is 0 Å². The number of esters is 1. The van der Waals surface area contributed by atoms with Crippen molar-refractivity contribution in [3.63, 3.8) is 0 Å². The van der Waals surface area contributed by atoms with E-state index in [9.17, 15) is 4.79 Å². The van der Waals surface area contributed by atoms with Crippen molar-refractivity contribution < 1.29 is 14.3 Å². The van der Waals surface area contributed by atoms with Crippen molar-refractivity contribution in [2.24, 2.45) is 0 Å². The Balaban J connectivity index is 2.08. The Bertz CT molecular complexity index is 608. The third kappa shape index (κ3) is 3.20. The first-order chi connectivity index (χ1) is 9.51. The topological polar surface area (TPSA) is 90.0 Å². The van der Waals surface area contributed by atoms with Crippen molar-refractivity contribution in [3.05, 3.63) is 27.2 Å². The number of carbonyl (C=O) groups excluding carboxylic acids is 1. The largest absolute Gasteiger partial charge is 0.450 e. The monoisotopic (exact) mass is 296 g/mol. The van der Waals surface area contributed by atoms with Gasteiger partial charge in [-0.1, -0.05) is 0 Å². The fourth-order valence-electron chi connectivity index (χ4n) is 1.64. The number of hydrogen-bond donors (Lipinski definition) is 1. The summed E-state index contributed by atoms with van der Waals surface area (Å²) in [6, 6.07) is 0. The lowest BCUT2D eigenvalue weighted by Gasteiger charge is -2.08. The van der Waals surface area contributed by atoms with Gasteiger partial charge in [-0.2, -0.15) is 5.10 Å². The van der Waals surface area contributed by atoms with E-state index in [0.29, 0.717) is 28.8 Å². The minimum absolute atomic E-state index is 0.383. The lowest BCUT2D eigenvalue weighted by atomic mass is 10.3. The van der Waals surface area contributed by atoms with Crippen LogP contribution in [0.2, 0.25) is 0 Å². The molecule has 0 saturated heterocycles. The SMILES string of the molecule is COCc1nc(C)c(C(=O)OC(C)c2n[nH]c(C)n2)s1. The molecule has 1 atom stereocenters. The van der Waals surface area contributed by atoms with Crippen molar-refractivity contribution in [1.29, 1.82) is 0 Å². The minimum atomic E-state index is -0.514. The minimum Gasteiger partial charge on any atom is -0.450 e. The normalized spacial score (nSPS) is 12.4. The first-order valence-corrected chi connectivity index (χ1v) is 6.88. The van der Waals surface area contributed by atoms with Gasteiger partial charge in [0.05, 0.1) is 12.3 Å². The van der Waals surface area contributed by atoms with Crippen LogP contribution >= 0.6 is 11.3 Å². The van der Waals surface area contributed by atoms with Gasteiger partial charge in [-0.25, -0.2) is 14.8 Å². The highest BCUT2D eigenvalue weighted by atomic mass is 32.1. The number of methoxy groups -OCH3 is 1. The Hall–Kier alpha value is -1.80. The van der Waals surface area contributed by atoms with Gasteiger partial charge in [-0.05, 0) is 20.8 Å². The number of H-pyrrole nitrogens is 1. The number of aromatic amines is 1. The van der Waals surface area contributed by atoms with Crippen LogP contribution in [-0.2, 0) is 16.1 Å². The number of thiazole rings is 1. The Labute approximate surface area is 120 Å². The summed E-state index contributed by atoms with van der Waals surface area (Å²) in [5.74, 6) is 0.715. The predicted molar refractivity (Wildman–Crippen MR) is 72.5 cm³/mol. The van der Waals surface area contributed by atoms with Gasteiger partial charge in [0.25, 0.3) is 0 Å². The highest BCUT2D eigenvalue weighted by Crippen LogP contribution is 2.22. The molecule has 1 unspecified atom stereocenters. The summed E-state index contributed by atoms with van der Waals surface area (Å²) < 4.78 is 10.4. The quantitative estimate of drug-likeness (QED) is 0.848. The smallest absolute Gasteiger partial charge is 0.350 e. The molecular formula is C12H16N4O3S. The van der Waals surface area contributed by atoms with E-state index in [2.05, 4.69) is 20.2 Å². The number of ether oxygens (including phenoxy) is 2. The standard InChI is InChI=1S/C12H16N4O3S/c1-6-10(20-9(13-6)5-18-4)12(17)19-7(2)11-14-8(3)15-16-11/h7H,5H2,1-4H3,(H,14,15,16). The summed E-state index contributed by atoms with van der Waals surface area (Å²) >= 11 is 1.28. The van der Waals surface area contributed by atoms with Gasteiger partial charge in [0.2, 0.25) is 0 Å². The van der Waals surface area contributed by atoms with Crippen LogP contribution in [0.5, 0.6) is 0 Å². The Morgan fingerprint density at radius 1 is 1.40 bits per heavy atom. The number of aromatic nitrogens is 4. The maximum atomic E-state index is 12.1. The van der Waals surface area contributed by atoms with E-state index in [1.165, 1.54) is 11.3 Å². The van der Waals surface area contributed by atoms with Crippen LogP contribution in [0, 0.1) is 13.8 Å².